The van der Waals surface area contributed by atoms with Gasteiger partial charge in [0.25, 0.3) is 5.56 Å². The van der Waals surface area contributed by atoms with Gasteiger partial charge in [-0.05, 0) is 45.7 Å². The van der Waals surface area contributed by atoms with Crippen molar-refractivity contribution in [2.75, 3.05) is 20.2 Å². The van der Waals surface area contributed by atoms with E-state index in [0.29, 0.717) is 30.0 Å². The van der Waals surface area contributed by atoms with Crippen molar-refractivity contribution in [1.82, 2.24) is 19.5 Å². The van der Waals surface area contributed by atoms with Crippen LogP contribution < -0.4 is 10.3 Å². The van der Waals surface area contributed by atoms with E-state index in [0.717, 1.165) is 23.9 Å². The third kappa shape index (κ3) is 3.66. The summed E-state index contributed by atoms with van der Waals surface area (Å²) in [5, 5.41) is 5.19. The molecule has 0 saturated carbocycles. The Hall–Kier alpha value is -3.03. The molecule has 0 radical (unpaired) electrons. The number of aromatic nitrogens is 3. The lowest BCUT2D eigenvalue weighted by Crippen LogP contribution is -2.41. The number of hydrogen-bond donors (Lipinski definition) is 1. The molecule has 3 heterocycles. The lowest BCUT2D eigenvalue weighted by atomic mass is 9.93. The van der Waals surface area contributed by atoms with E-state index in [-0.39, 0.29) is 17.6 Å². The topological polar surface area (TPSA) is 88.9 Å². The van der Waals surface area contributed by atoms with E-state index >= 15 is 0 Å². The van der Waals surface area contributed by atoms with Crippen LogP contribution in [0.15, 0.2) is 29.1 Å². The molecule has 29 heavy (non-hydrogen) atoms. The molecule has 0 atom stereocenters. The molecular formula is C21H26N4O4. The quantitative estimate of drug-likeness (QED) is 0.715. The van der Waals surface area contributed by atoms with Crippen molar-refractivity contribution in [3.63, 3.8) is 0 Å². The molecule has 154 valence electrons. The summed E-state index contributed by atoms with van der Waals surface area (Å²) in [6.07, 6.45) is 1.23. The maximum Gasteiger partial charge on any atom is 0.410 e. The first-order valence-electron chi connectivity index (χ1n) is 9.83. The summed E-state index contributed by atoms with van der Waals surface area (Å²) in [7, 11) is 1.60. The van der Waals surface area contributed by atoms with Crippen LogP contribution in [-0.2, 0) is 4.74 Å². The van der Waals surface area contributed by atoms with Crippen molar-refractivity contribution >= 4 is 22.6 Å². The number of ether oxygens (including phenoxy) is 2. The maximum absolute atomic E-state index is 12.7. The van der Waals surface area contributed by atoms with Crippen molar-refractivity contribution in [3.8, 4) is 5.75 Å². The number of amides is 1. The second-order valence-corrected chi connectivity index (χ2v) is 8.42. The van der Waals surface area contributed by atoms with Gasteiger partial charge in [-0.25, -0.2) is 4.79 Å². The number of rotatable bonds is 2. The summed E-state index contributed by atoms with van der Waals surface area (Å²) in [4.78, 5) is 30.1. The minimum absolute atomic E-state index is 0.158. The van der Waals surface area contributed by atoms with E-state index in [1.54, 1.807) is 18.1 Å². The fourth-order valence-electron chi connectivity index (χ4n) is 3.84. The zero-order valence-electron chi connectivity index (χ0n) is 17.2. The van der Waals surface area contributed by atoms with Crippen LogP contribution in [0.25, 0.3) is 16.6 Å². The normalized spacial score (nSPS) is 15.8. The van der Waals surface area contributed by atoms with Gasteiger partial charge in [0, 0.05) is 30.8 Å². The molecular weight excluding hydrogens is 372 g/mol. The van der Waals surface area contributed by atoms with Crippen molar-refractivity contribution in [1.29, 1.82) is 0 Å². The molecule has 3 aromatic rings. The van der Waals surface area contributed by atoms with Gasteiger partial charge in [0.2, 0.25) is 0 Å². The fourth-order valence-corrected chi connectivity index (χ4v) is 3.84. The Balaban J connectivity index is 1.62. The molecule has 1 N–H and O–H groups in total. The highest BCUT2D eigenvalue weighted by Gasteiger charge is 2.28. The Morgan fingerprint density at radius 1 is 1.24 bits per heavy atom. The van der Waals surface area contributed by atoms with Crippen LogP contribution in [0, 0.1) is 0 Å². The number of nitrogens with one attached hydrogen (secondary N) is 1. The van der Waals surface area contributed by atoms with E-state index < -0.39 is 5.60 Å². The number of likely N-dealkylation sites (tertiary alicyclic amines) is 1. The molecule has 0 spiro atoms. The minimum atomic E-state index is -0.508. The molecule has 1 aromatic carbocycles. The van der Waals surface area contributed by atoms with E-state index in [1.807, 2.05) is 39.0 Å². The summed E-state index contributed by atoms with van der Waals surface area (Å²) < 4.78 is 12.3. The summed E-state index contributed by atoms with van der Waals surface area (Å²) in [5.74, 6) is 0.830. The predicted molar refractivity (Wildman–Crippen MR) is 110 cm³/mol. The summed E-state index contributed by atoms with van der Waals surface area (Å²) >= 11 is 0. The van der Waals surface area contributed by atoms with E-state index in [2.05, 4.69) is 10.1 Å². The number of benzene rings is 1. The molecule has 8 heteroatoms. The third-order valence-corrected chi connectivity index (χ3v) is 5.22. The number of aromatic amines is 1. The van der Waals surface area contributed by atoms with Gasteiger partial charge in [0.15, 0.2) is 0 Å². The highest BCUT2D eigenvalue weighted by Crippen LogP contribution is 2.31. The average Bonchev–Trinajstić information content (AvgIpc) is 3.06. The van der Waals surface area contributed by atoms with Crippen LogP contribution >= 0.6 is 0 Å². The highest BCUT2D eigenvalue weighted by molar-refractivity contribution is 5.97. The molecule has 1 aliphatic rings. The number of methoxy groups -OCH3 is 1. The lowest BCUT2D eigenvalue weighted by Gasteiger charge is -2.33. The summed E-state index contributed by atoms with van der Waals surface area (Å²) in [5.41, 5.74) is 1.51. The zero-order chi connectivity index (χ0) is 20.8. The van der Waals surface area contributed by atoms with E-state index in [1.165, 1.54) is 4.52 Å². The number of H-pyrrole nitrogens is 1. The van der Waals surface area contributed by atoms with Crippen molar-refractivity contribution in [3.05, 3.63) is 40.3 Å². The number of piperidine rings is 1. The zero-order valence-corrected chi connectivity index (χ0v) is 17.2. The van der Waals surface area contributed by atoms with Crippen LogP contribution in [-0.4, -0.2) is 51.4 Å². The Labute approximate surface area is 168 Å². The first-order chi connectivity index (χ1) is 13.8. The number of carbonyl (C=O) groups is 1. The molecule has 2 aromatic heterocycles. The molecule has 8 nitrogen and oxygen atoms in total. The number of carbonyl (C=O) groups excluding carboxylic acids is 1. The Morgan fingerprint density at radius 3 is 2.62 bits per heavy atom. The second-order valence-electron chi connectivity index (χ2n) is 8.42. The van der Waals surface area contributed by atoms with Gasteiger partial charge in [-0.3, -0.25) is 4.79 Å². The van der Waals surface area contributed by atoms with E-state index in [9.17, 15) is 9.59 Å². The van der Waals surface area contributed by atoms with Gasteiger partial charge in [-0.2, -0.15) is 9.61 Å². The molecule has 0 unspecified atom stereocenters. The largest absolute Gasteiger partial charge is 0.496 e. The summed E-state index contributed by atoms with van der Waals surface area (Å²) in [6, 6.07) is 7.18. The van der Waals surface area contributed by atoms with Crippen LogP contribution in [0.1, 0.15) is 45.2 Å². The molecule has 1 aliphatic heterocycles. The minimum Gasteiger partial charge on any atom is -0.496 e. The van der Waals surface area contributed by atoms with Crippen molar-refractivity contribution in [2.24, 2.45) is 0 Å². The fraction of sp³-hybridized carbons (Fsp3) is 0.476. The van der Waals surface area contributed by atoms with Crippen LogP contribution in [0.4, 0.5) is 4.79 Å². The van der Waals surface area contributed by atoms with Gasteiger partial charge >= 0.3 is 6.09 Å². The standard InChI is InChI=1S/C21H26N4O4/c1-21(2,3)29-20(27)24-10-8-13(9-11-24)15-12-17(26)25-19(22-15)18-14(23-25)6-5-7-16(18)28-4/h5-7,12-13,22H,8-11H2,1-4H3. The van der Waals surface area contributed by atoms with Gasteiger partial charge in [-0.15, -0.1) is 0 Å². The van der Waals surface area contributed by atoms with Crippen LogP contribution in [0.2, 0.25) is 0 Å². The Bertz CT molecular complexity index is 1120. The number of nitrogens with zero attached hydrogens (tertiary/aromatic N) is 3. The molecule has 4 rings (SSSR count). The highest BCUT2D eigenvalue weighted by atomic mass is 16.6. The number of hydrogen-bond acceptors (Lipinski definition) is 5. The summed E-state index contributed by atoms with van der Waals surface area (Å²) in [6.45, 7) is 6.78. The van der Waals surface area contributed by atoms with Gasteiger partial charge in [-0.1, -0.05) is 6.07 Å². The monoisotopic (exact) mass is 398 g/mol. The SMILES string of the molecule is COc1cccc2nn3c(=O)cc(C4CCN(C(=O)OC(C)(C)C)CC4)[nH]c3c12. The lowest BCUT2D eigenvalue weighted by molar-refractivity contribution is 0.0204. The Kier molecular flexibility index (Phi) is 4.72. The maximum atomic E-state index is 12.7. The average molecular weight is 398 g/mol. The smallest absolute Gasteiger partial charge is 0.410 e. The predicted octanol–water partition coefficient (Wildman–Crippen LogP) is 3.30. The molecule has 1 saturated heterocycles. The van der Waals surface area contributed by atoms with Gasteiger partial charge < -0.3 is 19.4 Å². The van der Waals surface area contributed by atoms with Crippen LogP contribution in [0.5, 0.6) is 5.75 Å². The second kappa shape index (κ2) is 7.09. The first-order valence-corrected chi connectivity index (χ1v) is 9.83. The molecule has 0 bridgehead atoms. The number of fused-ring (bicyclic) bond motifs is 3. The van der Waals surface area contributed by atoms with Crippen LogP contribution in [0.3, 0.4) is 0 Å². The van der Waals surface area contributed by atoms with E-state index in [4.69, 9.17) is 9.47 Å². The van der Waals surface area contributed by atoms with Gasteiger partial charge in [0.1, 0.15) is 17.0 Å². The molecule has 1 fully saturated rings. The molecule has 1 amide bonds. The Morgan fingerprint density at radius 2 is 1.97 bits per heavy atom. The van der Waals surface area contributed by atoms with Crippen molar-refractivity contribution in [2.45, 2.75) is 45.1 Å². The first kappa shape index (κ1) is 19.3. The molecule has 0 aliphatic carbocycles. The van der Waals surface area contributed by atoms with Crippen molar-refractivity contribution < 1.29 is 14.3 Å². The van der Waals surface area contributed by atoms with Gasteiger partial charge in [0.05, 0.1) is 18.0 Å². The third-order valence-electron chi connectivity index (χ3n) is 5.22.